The summed E-state index contributed by atoms with van der Waals surface area (Å²) in [6.45, 7) is 2.23. The van der Waals surface area contributed by atoms with Crippen LogP contribution in [0.3, 0.4) is 0 Å². The molecule has 1 aromatic carbocycles. The van der Waals surface area contributed by atoms with Crippen molar-refractivity contribution in [2.45, 2.75) is 37.6 Å². The Hall–Kier alpha value is -1.05. The number of nitrogens with zero attached hydrogens (tertiary/aromatic N) is 1. The Kier molecular flexibility index (Phi) is 4.95. The number of nitrogens with two attached hydrogens (primary N) is 1. The molecule has 0 radical (unpaired) electrons. The van der Waals surface area contributed by atoms with Gasteiger partial charge >= 0.3 is 0 Å². The Balaban J connectivity index is 2.39. The zero-order valence-corrected chi connectivity index (χ0v) is 12.8. The van der Waals surface area contributed by atoms with Gasteiger partial charge in [0.05, 0.1) is 0 Å². The van der Waals surface area contributed by atoms with Crippen molar-refractivity contribution < 1.29 is 17.2 Å². The third-order valence-corrected chi connectivity index (χ3v) is 5.89. The molecule has 1 fully saturated rings. The van der Waals surface area contributed by atoms with Crippen LogP contribution in [0.5, 0.6) is 0 Å². The molecule has 118 valence electrons. The predicted octanol–water partition coefficient (Wildman–Crippen LogP) is 2.23. The fraction of sp³-hybridized carbons (Fsp3) is 0.571. The molecule has 0 spiro atoms. The Labute approximate surface area is 124 Å². The molecule has 0 saturated heterocycles. The lowest BCUT2D eigenvalue weighted by Gasteiger charge is -2.31. The summed E-state index contributed by atoms with van der Waals surface area (Å²) in [5, 5.41) is 0. The van der Waals surface area contributed by atoms with E-state index in [9.17, 15) is 17.2 Å². The van der Waals surface area contributed by atoms with Crippen LogP contribution in [0.2, 0.25) is 0 Å². The van der Waals surface area contributed by atoms with E-state index in [0.717, 1.165) is 31.4 Å². The van der Waals surface area contributed by atoms with Crippen molar-refractivity contribution >= 4 is 10.0 Å². The lowest BCUT2D eigenvalue weighted by Crippen LogP contribution is -2.37. The quantitative estimate of drug-likeness (QED) is 0.875. The van der Waals surface area contributed by atoms with Gasteiger partial charge in [0, 0.05) is 19.6 Å². The second-order valence-corrected chi connectivity index (χ2v) is 7.25. The first kappa shape index (κ1) is 16.3. The molecule has 2 N–H and O–H groups in total. The predicted molar refractivity (Wildman–Crippen MR) is 76.0 cm³/mol. The van der Waals surface area contributed by atoms with Crippen LogP contribution >= 0.6 is 0 Å². The summed E-state index contributed by atoms with van der Waals surface area (Å²) in [4.78, 5) is -0.621. The van der Waals surface area contributed by atoms with Gasteiger partial charge in [-0.2, -0.15) is 4.31 Å². The summed E-state index contributed by atoms with van der Waals surface area (Å²) >= 11 is 0. The van der Waals surface area contributed by atoms with Crippen LogP contribution in [0.1, 0.15) is 31.7 Å². The van der Waals surface area contributed by atoms with Crippen molar-refractivity contribution in [2.24, 2.45) is 11.7 Å². The number of halogens is 2. The van der Waals surface area contributed by atoms with Crippen molar-refractivity contribution in [3.05, 3.63) is 29.3 Å². The number of hydrogen-bond acceptors (Lipinski definition) is 3. The van der Waals surface area contributed by atoms with Gasteiger partial charge in [-0.05, 0) is 36.5 Å². The molecule has 0 aromatic heterocycles. The lowest BCUT2D eigenvalue weighted by molar-refractivity contribution is 0.249. The summed E-state index contributed by atoms with van der Waals surface area (Å²) in [7, 11) is -4.05. The molecule has 1 aliphatic rings. The van der Waals surface area contributed by atoms with Gasteiger partial charge in [-0.3, -0.25) is 0 Å². The smallest absolute Gasteiger partial charge is 0.246 e. The van der Waals surface area contributed by atoms with Gasteiger partial charge in [-0.25, -0.2) is 17.2 Å². The highest BCUT2D eigenvalue weighted by Gasteiger charge is 2.31. The number of rotatable bonds is 6. The summed E-state index contributed by atoms with van der Waals surface area (Å²) in [5.74, 6) is -2.21. The van der Waals surface area contributed by atoms with Crippen LogP contribution in [0.25, 0.3) is 0 Å². The van der Waals surface area contributed by atoms with E-state index in [-0.39, 0.29) is 18.7 Å². The first-order valence-electron chi connectivity index (χ1n) is 7.08. The normalized spacial score (nSPS) is 16.2. The molecule has 4 nitrogen and oxygen atoms in total. The molecule has 1 aromatic rings. The minimum Gasteiger partial charge on any atom is -0.326 e. The molecule has 0 bridgehead atoms. The van der Waals surface area contributed by atoms with Crippen LogP contribution < -0.4 is 5.73 Å². The molecule has 1 aliphatic carbocycles. The van der Waals surface area contributed by atoms with Crippen LogP contribution in [-0.2, 0) is 16.6 Å². The Morgan fingerprint density at radius 1 is 1.33 bits per heavy atom. The highest BCUT2D eigenvalue weighted by atomic mass is 32.2. The van der Waals surface area contributed by atoms with E-state index in [2.05, 4.69) is 0 Å². The SMILES string of the molecule is CCN(CC1CCC1)S(=O)(=O)c1cc(CN)cc(F)c1F. The summed E-state index contributed by atoms with van der Waals surface area (Å²) in [6.07, 6.45) is 3.05. The monoisotopic (exact) mass is 318 g/mol. The van der Waals surface area contributed by atoms with Crippen LogP contribution in [-0.4, -0.2) is 25.8 Å². The molecular weight excluding hydrogens is 298 g/mol. The van der Waals surface area contributed by atoms with E-state index in [0.29, 0.717) is 12.5 Å². The van der Waals surface area contributed by atoms with Gasteiger partial charge in [0.15, 0.2) is 11.6 Å². The van der Waals surface area contributed by atoms with E-state index in [1.54, 1.807) is 6.92 Å². The average Bonchev–Trinajstić information content (AvgIpc) is 2.40. The van der Waals surface area contributed by atoms with E-state index >= 15 is 0 Å². The van der Waals surface area contributed by atoms with Crippen molar-refractivity contribution in [3.8, 4) is 0 Å². The lowest BCUT2D eigenvalue weighted by atomic mass is 9.85. The van der Waals surface area contributed by atoms with Gasteiger partial charge in [-0.15, -0.1) is 0 Å². The van der Waals surface area contributed by atoms with Gasteiger partial charge in [0.1, 0.15) is 4.90 Å². The first-order valence-corrected chi connectivity index (χ1v) is 8.52. The van der Waals surface area contributed by atoms with Crippen LogP contribution in [0, 0.1) is 17.6 Å². The van der Waals surface area contributed by atoms with E-state index < -0.39 is 26.6 Å². The van der Waals surface area contributed by atoms with Crippen molar-refractivity contribution in [1.29, 1.82) is 0 Å². The molecule has 0 amide bonds. The number of hydrogen-bond donors (Lipinski definition) is 1. The fourth-order valence-electron chi connectivity index (χ4n) is 2.42. The number of benzene rings is 1. The minimum atomic E-state index is -4.05. The van der Waals surface area contributed by atoms with E-state index in [1.807, 2.05) is 0 Å². The number of sulfonamides is 1. The van der Waals surface area contributed by atoms with Crippen molar-refractivity contribution in [1.82, 2.24) is 4.31 Å². The van der Waals surface area contributed by atoms with Crippen LogP contribution in [0.15, 0.2) is 17.0 Å². The largest absolute Gasteiger partial charge is 0.326 e. The molecule has 2 rings (SSSR count). The van der Waals surface area contributed by atoms with Gasteiger partial charge in [0.2, 0.25) is 10.0 Å². The molecule has 7 heteroatoms. The third-order valence-electron chi connectivity index (χ3n) is 3.95. The second-order valence-electron chi connectivity index (χ2n) is 5.35. The molecular formula is C14H20F2N2O2S. The van der Waals surface area contributed by atoms with E-state index in [4.69, 9.17) is 5.73 Å². The topological polar surface area (TPSA) is 63.4 Å². The molecule has 21 heavy (non-hydrogen) atoms. The molecule has 0 aliphatic heterocycles. The summed E-state index contributed by atoms with van der Waals surface area (Å²) in [6, 6.07) is 2.05. The zero-order valence-electron chi connectivity index (χ0n) is 12.0. The average molecular weight is 318 g/mol. The maximum absolute atomic E-state index is 13.9. The van der Waals surface area contributed by atoms with E-state index in [1.165, 1.54) is 4.31 Å². The Bertz CT molecular complexity index is 616. The standard InChI is InChI=1S/C14H20F2N2O2S/c1-2-18(9-10-4-3-5-10)21(19,20)13-7-11(8-17)6-12(15)14(13)16/h6-7,10H,2-5,8-9,17H2,1H3. The molecule has 0 unspecified atom stereocenters. The van der Waals surface area contributed by atoms with Gasteiger partial charge in [0.25, 0.3) is 0 Å². The highest BCUT2D eigenvalue weighted by molar-refractivity contribution is 7.89. The van der Waals surface area contributed by atoms with Crippen molar-refractivity contribution in [3.63, 3.8) is 0 Å². The van der Waals surface area contributed by atoms with Gasteiger partial charge in [-0.1, -0.05) is 13.3 Å². The highest BCUT2D eigenvalue weighted by Crippen LogP contribution is 2.30. The first-order chi connectivity index (χ1) is 9.90. The molecule has 0 heterocycles. The van der Waals surface area contributed by atoms with Crippen molar-refractivity contribution in [2.75, 3.05) is 13.1 Å². The minimum absolute atomic E-state index is 0.0472. The molecule has 0 atom stereocenters. The Morgan fingerprint density at radius 2 is 2.00 bits per heavy atom. The van der Waals surface area contributed by atoms with Gasteiger partial charge < -0.3 is 5.73 Å². The zero-order chi connectivity index (χ0) is 15.6. The maximum atomic E-state index is 13.9. The fourth-order valence-corrected chi connectivity index (χ4v) is 4.07. The van der Waals surface area contributed by atoms with Crippen LogP contribution in [0.4, 0.5) is 8.78 Å². The molecule has 1 saturated carbocycles. The second kappa shape index (κ2) is 6.37. The summed E-state index contributed by atoms with van der Waals surface area (Å²) in [5.41, 5.74) is 5.66. The maximum Gasteiger partial charge on any atom is 0.246 e. The summed E-state index contributed by atoms with van der Waals surface area (Å²) < 4.78 is 53.8. The third kappa shape index (κ3) is 3.25. The Morgan fingerprint density at radius 3 is 2.48 bits per heavy atom.